The van der Waals surface area contributed by atoms with E-state index in [4.69, 9.17) is 11.6 Å². The van der Waals surface area contributed by atoms with Gasteiger partial charge in [-0.1, -0.05) is 0 Å². The Morgan fingerprint density at radius 3 is 2.50 bits per heavy atom. The van der Waals surface area contributed by atoms with Crippen LogP contribution in [0.4, 0.5) is 17.6 Å². The van der Waals surface area contributed by atoms with Gasteiger partial charge in [-0.05, 0) is 12.1 Å². The predicted molar refractivity (Wildman–Crippen MR) is 59.0 cm³/mol. The summed E-state index contributed by atoms with van der Waals surface area (Å²) in [5, 5.41) is 0. The van der Waals surface area contributed by atoms with E-state index in [-0.39, 0.29) is 12.4 Å². The summed E-state index contributed by atoms with van der Waals surface area (Å²) in [4.78, 5) is 12.5. The topological polar surface area (TPSA) is 20.3 Å². The number of hydrogen-bond acceptors (Lipinski definition) is 1. The highest BCUT2D eigenvalue weighted by Crippen LogP contribution is 2.13. The van der Waals surface area contributed by atoms with Gasteiger partial charge < -0.3 is 4.90 Å². The lowest BCUT2D eigenvalue weighted by Crippen LogP contribution is -2.37. The minimum atomic E-state index is -2.75. The van der Waals surface area contributed by atoms with Crippen LogP contribution in [0.5, 0.6) is 0 Å². The second-order valence-electron chi connectivity index (χ2n) is 3.46. The normalized spacial score (nSPS) is 10.8. The molecule has 18 heavy (non-hydrogen) atoms. The van der Waals surface area contributed by atoms with E-state index in [0.717, 1.165) is 17.0 Å². The van der Waals surface area contributed by atoms with Gasteiger partial charge in [0.1, 0.15) is 11.6 Å². The number of hydrogen-bond donors (Lipinski definition) is 0. The second-order valence-corrected chi connectivity index (χ2v) is 3.83. The Morgan fingerprint density at radius 1 is 1.33 bits per heavy atom. The Bertz CT molecular complexity index is 428. The molecule has 0 heterocycles. The van der Waals surface area contributed by atoms with Crippen LogP contribution in [0.25, 0.3) is 0 Å². The van der Waals surface area contributed by atoms with Crippen molar-refractivity contribution in [2.75, 3.05) is 19.0 Å². The van der Waals surface area contributed by atoms with Crippen LogP contribution in [0, 0.1) is 11.6 Å². The van der Waals surface area contributed by atoms with E-state index in [9.17, 15) is 22.4 Å². The van der Waals surface area contributed by atoms with E-state index < -0.39 is 36.1 Å². The number of amides is 1. The highest BCUT2D eigenvalue weighted by atomic mass is 35.5. The van der Waals surface area contributed by atoms with Crippen LogP contribution in [0.1, 0.15) is 10.4 Å². The van der Waals surface area contributed by atoms with E-state index in [1.807, 2.05) is 0 Å². The van der Waals surface area contributed by atoms with E-state index in [1.165, 1.54) is 0 Å². The monoisotopic (exact) mass is 283 g/mol. The quantitative estimate of drug-likeness (QED) is 0.601. The number of nitrogens with zero attached hydrogens (tertiary/aromatic N) is 1. The van der Waals surface area contributed by atoms with Crippen molar-refractivity contribution in [1.82, 2.24) is 4.90 Å². The zero-order chi connectivity index (χ0) is 13.7. The number of carbonyl (C=O) groups excluding carboxylic acids is 1. The summed E-state index contributed by atoms with van der Waals surface area (Å²) < 4.78 is 50.5. The zero-order valence-electron chi connectivity index (χ0n) is 9.18. The standard InChI is InChI=1S/C11H10ClF4NO/c12-3-4-17(6-10(15)16)11(18)8-2-1-7(13)5-9(8)14/h1-2,5,10H,3-4,6H2. The number of benzene rings is 1. The summed E-state index contributed by atoms with van der Waals surface area (Å²) >= 11 is 5.38. The lowest BCUT2D eigenvalue weighted by Gasteiger charge is -2.21. The molecular weight excluding hydrogens is 274 g/mol. The molecule has 100 valence electrons. The molecule has 0 aliphatic rings. The zero-order valence-corrected chi connectivity index (χ0v) is 9.93. The van der Waals surface area contributed by atoms with Gasteiger partial charge >= 0.3 is 0 Å². The maximum atomic E-state index is 13.3. The van der Waals surface area contributed by atoms with Crippen LogP contribution < -0.4 is 0 Å². The molecule has 1 amide bonds. The predicted octanol–water partition coefficient (Wildman–Crippen LogP) is 2.91. The number of carbonyl (C=O) groups is 1. The molecule has 7 heteroatoms. The van der Waals surface area contributed by atoms with Crippen LogP contribution in [-0.4, -0.2) is 36.2 Å². The molecule has 0 aliphatic carbocycles. The SMILES string of the molecule is O=C(c1ccc(F)cc1F)N(CCCl)CC(F)F. The summed E-state index contributed by atoms with van der Waals surface area (Å²) in [6, 6.07) is 2.33. The summed E-state index contributed by atoms with van der Waals surface area (Å²) in [6.45, 7) is -0.982. The van der Waals surface area contributed by atoms with Gasteiger partial charge in [0.25, 0.3) is 12.3 Å². The molecule has 0 spiro atoms. The average Bonchev–Trinajstić information content (AvgIpc) is 2.27. The first-order chi connectivity index (χ1) is 8.45. The molecule has 0 unspecified atom stereocenters. The maximum absolute atomic E-state index is 13.3. The molecule has 0 saturated heterocycles. The smallest absolute Gasteiger partial charge is 0.257 e. The van der Waals surface area contributed by atoms with Crippen molar-refractivity contribution in [3.8, 4) is 0 Å². The Balaban J connectivity index is 2.94. The van der Waals surface area contributed by atoms with Crippen molar-refractivity contribution in [2.45, 2.75) is 6.43 Å². The van der Waals surface area contributed by atoms with Gasteiger partial charge in [0.05, 0.1) is 12.1 Å². The lowest BCUT2D eigenvalue weighted by molar-refractivity contribution is 0.0567. The Kier molecular flexibility index (Phi) is 5.40. The highest BCUT2D eigenvalue weighted by Gasteiger charge is 2.22. The van der Waals surface area contributed by atoms with Crippen molar-refractivity contribution in [2.24, 2.45) is 0 Å². The van der Waals surface area contributed by atoms with E-state index in [1.54, 1.807) is 0 Å². The molecule has 1 rings (SSSR count). The van der Waals surface area contributed by atoms with Gasteiger partial charge in [-0.25, -0.2) is 17.6 Å². The first kappa shape index (κ1) is 14.8. The molecule has 0 saturated carbocycles. The first-order valence-corrected chi connectivity index (χ1v) is 5.57. The van der Waals surface area contributed by atoms with Crippen molar-refractivity contribution in [1.29, 1.82) is 0 Å². The minimum absolute atomic E-state index is 0.0543. The largest absolute Gasteiger partial charge is 0.332 e. The van der Waals surface area contributed by atoms with E-state index in [0.29, 0.717) is 6.07 Å². The highest BCUT2D eigenvalue weighted by molar-refractivity contribution is 6.18. The summed E-state index contributed by atoms with van der Waals surface area (Å²) in [6.07, 6.45) is -2.75. The molecule has 0 N–H and O–H groups in total. The number of alkyl halides is 3. The molecule has 1 aromatic rings. The first-order valence-electron chi connectivity index (χ1n) is 5.04. The molecular formula is C11H10ClF4NO. The van der Waals surface area contributed by atoms with E-state index >= 15 is 0 Å². The van der Waals surface area contributed by atoms with Gasteiger partial charge in [-0.3, -0.25) is 4.79 Å². The molecule has 0 aromatic heterocycles. The third-order valence-electron chi connectivity index (χ3n) is 2.16. The molecule has 2 nitrogen and oxygen atoms in total. The molecule has 0 aliphatic heterocycles. The van der Waals surface area contributed by atoms with Gasteiger partial charge in [0.15, 0.2) is 0 Å². The van der Waals surface area contributed by atoms with Crippen LogP contribution in [0.3, 0.4) is 0 Å². The van der Waals surface area contributed by atoms with Gasteiger partial charge in [0.2, 0.25) is 0 Å². The average molecular weight is 284 g/mol. The summed E-state index contributed by atoms with van der Waals surface area (Å²) in [7, 11) is 0. The minimum Gasteiger partial charge on any atom is -0.332 e. The number of rotatable bonds is 5. The second kappa shape index (κ2) is 6.58. The Hall–Kier alpha value is -1.30. The molecule has 0 fully saturated rings. The van der Waals surface area contributed by atoms with Gasteiger partial charge in [-0.15, -0.1) is 11.6 Å². The van der Waals surface area contributed by atoms with Crippen LogP contribution in [0.15, 0.2) is 18.2 Å². The lowest BCUT2D eigenvalue weighted by atomic mass is 10.2. The fraction of sp³-hybridized carbons (Fsp3) is 0.364. The van der Waals surface area contributed by atoms with Gasteiger partial charge in [0, 0.05) is 18.5 Å². The third kappa shape index (κ3) is 3.87. The Labute approximate surface area is 106 Å². The van der Waals surface area contributed by atoms with Gasteiger partial charge in [-0.2, -0.15) is 0 Å². The fourth-order valence-corrected chi connectivity index (χ4v) is 1.58. The van der Waals surface area contributed by atoms with E-state index in [2.05, 4.69) is 0 Å². The molecule has 1 aromatic carbocycles. The van der Waals surface area contributed by atoms with Crippen molar-refractivity contribution >= 4 is 17.5 Å². The van der Waals surface area contributed by atoms with Crippen LogP contribution >= 0.6 is 11.6 Å². The molecule has 0 atom stereocenters. The third-order valence-corrected chi connectivity index (χ3v) is 2.33. The fourth-order valence-electron chi connectivity index (χ4n) is 1.38. The van der Waals surface area contributed by atoms with Crippen molar-refractivity contribution in [3.63, 3.8) is 0 Å². The molecule has 0 bridgehead atoms. The van der Waals surface area contributed by atoms with Crippen LogP contribution in [0.2, 0.25) is 0 Å². The van der Waals surface area contributed by atoms with Crippen molar-refractivity contribution < 1.29 is 22.4 Å². The summed E-state index contributed by atoms with van der Waals surface area (Å²) in [5.41, 5.74) is -0.456. The Morgan fingerprint density at radius 2 is 2.00 bits per heavy atom. The maximum Gasteiger partial charge on any atom is 0.257 e. The van der Waals surface area contributed by atoms with Crippen LogP contribution in [-0.2, 0) is 0 Å². The number of halogens is 5. The molecule has 0 radical (unpaired) electrons. The van der Waals surface area contributed by atoms with Crippen molar-refractivity contribution in [3.05, 3.63) is 35.4 Å². The summed E-state index contributed by atoms with van der Waals surface area (Å²) in [5.74, 6) is -2.93.